The summed E-state index contributed by atoms with van der Waals surface area (Å²) < 4.78 is 31.0. The number of benzene rings is 1. The molecule has 0 fully saturated rings. The maximum atomic E-state index is 12.7. The maximum Gasteiger partial charge on any atom is 0.355 e. The van der Waals surface area contributed by atoms with E-state index in [1.807, 2.05) is 0 Å². The van der Waals surface area contributed by atoms with Crippen LogP contribution in [-0.4, -0.2) is 31.0 Å². The molecule has 0 radical (unpaired) electrons. The third kappa shape index (κ3) is 3.51. The topological polar surface area (TPSA) is 120 Å². The number of rotatable bonds is 5. The van der Waals surface area contributed by atoms with Crippen molar-refractivity contribution in [2.45, 2.75) is 11.8 Å². The van der Waals surface area contributed by atoms with Crippen molar-refractivity contribution < 1.29 is 22.7 Å². The Hall–Kier alpha value is -2.81. The lowest BCUT2D eigenvalue weighted by Crippen LogP contribution is -2.21. The van der Waals surface area contributed by atoms with Crippen LogP contribution in [0.1, 0.15) is 17.4 Å². The summed E-state index contributed by atoms with van der Waals surface area (Å²) in [5.74, 6) is -0.743. The van der Waals surface area contributed by atoms with Crippen molar-refractivity contribution in [2.24, 2.45) is 5.73 Å². The summed E-state index contributed by atoms with van der Waals surface area (Å²) in [6, 6.07) is 7.49. The summed E-state index contributed by atoms with van der Waals surface area (Å²) in [7, 11) is -4.02. The highest BCUT2D eigenvalue weighted by Gasteiger charge is 2.23. The molecule has 0 aliphatic carbocycles. The highest BCUT2D eigenvalue weighted by atomic mass is 32.2. The zero-order valence-electron chi connectivity index (χ0n) is 12.2. The minimum Gasteiger partial charge on any atom is -0.461 e. The normalized spacial score (nSPS) is 11.0. The molecule has 2 rings (SSSR count). The monoisotopic (exact) mass is 337 g/mol. The number of urea groups is 1. The summed E-state index contributed by atoms with van der Waals surface area (Å²) in [6.45, 7) is 1.75. The van der Waals surface area contributed by atoms with Crippen molar-refractivity contribution in [2.75, 3.05) is 11.9 Å². The van der Waals surface area contributed by atoms with Crippen LogP contribution in [0.4, 0.5) is 10.5 Å². The molecule has 0 saturated carbocycles. The molecule has 1 aromatic carbocycles. The van der Waals surface area contributed by atoms with E-state index in [1.54, 1.807) is 6.92 Å². The number of nitrogens with zero attached hydrogens (tertiary/aromatic N) is 1. The third-order valence-corrected chi connectivity index (χ3v) is 4.54. The van der Waals surface area contributed by atoms with E-state index < -0.39 is 22.0 Å². The predicted molar refractivity (Wildman–Crippen MR) is 82.6 cm³/mol. The van der Waals surface area contributed by atoms with E-state index in [-0.39, 0.29) is 22.9 Å². The molecule has 0 aliphatic heterocycles. The number of nitrogens with two attached hydrogens (primary N) is 1. The van der Waals surface area contributed by atoms with E-state index in [2.05, 4.69) is 5.32 Å². The lowest BCUT2D eigenvalue weighted by molar-refractivity contribution is 0.0518. The molecule has 0 bridgehead atoms. The van der Waals surface area contributed by atoms with Gasteiger partial charge in [-0.2, -0.15) is 0 Å². The molecule has 0 atom stereocenters. The highest BCUT2D eigenvalue weighted by molar-refractivity contribution is 7.90. The van der Waals surface area contributed by atoms with E-state index in [4.69, 9.17) is 10.5 Å². The first-order valence-corrected chi connectivity index (χ1v) is 8.07. The van der Waals surface area contributed by atoms with Crippen LogP contribution in [0.25, 0.3) is 0 Å². The van der Waals surface area contributed by atoms with Gasteiger partial charge in [-0.25, -0.2) is 22.0 Å². The van der Waals surface area contributed by atoms with E-state index in [9.17, 15) is 18.0 Å². The summed E-state index contributed by atoms with van der Waals surface area (Å²) in [5, 5.41) is 2.29. The Kier molecular flexibility index (Phi) is 4.70. The Balaban J connectivity index is 2.46. The second-order valence-electron chi connectivity index (χ2n) is 4.43. The minimum absolute atomic E-state index is 0.106. The predicted octanol–water partition coefficient (Wildman–Crippen LogP) is 1.39. The molecule has 122 valence electrons. The number of ether oxygens (including phenoxy) is 1. The number of hydrogen-bond acceptors (Lipinski definition) is 5. The Morgan fingerprint density at radius 3 is 2.65 bits per heavy atom. The van der Waals surface area contributed by atoms with E-state index >= 15 is 0 Å². The Labute approximate surface area is 132 Å². The zero-order chi connectivity index (χ0) is 17.0. The van der Waals surface area contributed by atoms with Gasteiger partial charge >= 0.3 is 12.0 Å². The standard InChI is InChI=1S/C14H15N3O5S/c1-2-22-13(18)12-7-4-8-17(12)23(20,21)11-6-3-5-10(9-11)16-14(15)19/h3-9H,2H2,1H3,(H3,15,16,19). The van der Waals surface area contributed by atoms with Gasteiger partial charge in [0.2, 0.25) is 0 Å². The molecular weight excluding hydrogens is 322 g/mol. The second-order valence-corrected chi connectivity index (χ2v) is 6.25. The van der Waals surface area contributed by atoms with Crippen LogP contribution >= 0.6 is 0 Å². The maximum absolute atomic E-state index is 12.7. The van der Waals surface area contributed by atoms with Crippen LogP contribution in [0, 0.1) is 0 Å². The molecule has 3 N–H and O–H groups in total. The van der Waals surface area contributed by atoms with Gasteiger partial charge in [0.1, 0.15) is 5.69 Å². The number of nitrogens with one attached hydrogen (secondary N) is 1. The van der Waals surface area contributed by atoms with Crippen LogP contribution in [0.2, 0.25) is 0 Å². The molecule has 8 nitrogen and oxygen atoms in total. The van der Waals surface area contributed by atoms with Gasteiger partial charge in [0.25, 0.3) is 10.0 Å². The van der Waals surface area contributed by atoms with Gasteiger partial charge in [0.15, 0.2) is 0 Å². The third-order valence-electron chi connectivity index (χ3n) is 2.86. The lowest BCUT2D eigenvalue weighted by Gasteiger charge is -2.11. The van der Waals surface area contributed by atoms with Crippen LogP contribution in [0.3, 0.4) is 0 Å². The number of esters is 1. The Morgan fingerprint density at radius 2 is 2.00 bits per heavy atom. The van der Waals surface area contributed by atoms with Crippen LogP contribution < -0.4 is 11.1 Å². The van der Waals surface area contributed by atoms with Gasteiger partial charge in [-0.15, -0.1) is 0 Å². The molecule has 0 saturated heterocycles. The average Bonchev–Trinajstić information content (AvgIpc) is 2.97. The molecule has 2 aromatic rings. The fourth-order valence-electron chi connectivity index (χ4n) is 1.93. The minimum atomic E-state index is -4.02. The summed E-state index contributed by atoms with van der Waals surface area (Å²) in [6.07, 6.45) is 1.25. The van der Waals surface area contributed by atoms with Gasteiger partial charge in [-0.3, -0.25) is 0 Å². The number of carbonyl (C=O) groups is 2. The largest absolute Gasteiger partial charge is 0.461 e. The fourth-order valence-corrected chi connectivity index (χ4v) is 3.31. The molecule has 0 spiro atoms. The number of primary amides is 1. The molecule has 1 aromatic heterocycles. The summed E-state index contributed by atoms with van der Waals surface area (Å²) in [5.41, 5.74) is 5.12. The van der Waals surface area contributed by atoms with Gasteiger partial charge in [0, 0.05) is 11.9 Å². The molecule has 2 amide bonds. The van der Waals surface area contributed by atoms with E-state index in [0.717, 1.165) is 3.97 Å². The van der Waals surface area contributed by atoms with Crippen LogP contribution in [0.5, 0.6) is 0 Å². The zero-order valence-corrected chi connectivity index (χ0v) is 13.0. The van der Waals surface area contributed by atoms with Crippen molar-refractivity contribution in [1.29, 1.82) is 0 Å². The average molecular weight is 337 g/mol. The highest BCUT2D eigenvalue weighted by Crippen LogP contribution is 2.20. The van der Waals surface area contributed by atoms with Gasteiger partial charge in [-0.1, -0.05) is 6.07 Å². The van der Waals surface area contributed by atoms with Crippen LogP contribution in [-0.2, 0) is 14.8 Å². The van der Waals surface area contributed by atoms with Crippen molar-refractivity contribution in [3.8, 4) is 0 Å². The lowest BCUT2D eigenvalue weighted by atomic mass is 10.3. The Morgan fingerprint density at radius 1 is 1.26 bits per heavy atom. The molecule has 23 heavy (non-hydrogen) atoms. The molecule has 0 aliphatic rings. The summed E-state index contributed by atoms with van der Waals surface area (Å²) >= 11 is 0. The molecular formula is C14H15N3O5S. The van der Waals surface area contributed by atoms with Crippen LogP contribution in [0.15, 0.2) is 47.5 Å². The number of hydrogen-bond donors (Lipinski definition) is 2. The first kappa shape index (κ1) is 16.6. The number of aromatic nitrogens is 1. The van der Waals surface area contributed by atoms with Crippen molar-refractivity contribution in [3.63, 3.8) is 0 Å². The van der Waals surface area contributed by atoms with Gasteiger partial charge in [-0.05, 0) is 37.3 Å². The number of anilines is 1. The summed E-state index contributed by atoms with van der Waals surface area (Å²) in [4.78, 5) is 22.6. The first-order chi connectivity index (χ1) is 10.9. The number of carbonyl (C=O) groups excluding carboxylic acids is 2. The first-order valence-electron chi connectivity index (χ1n) is 6.63. The molecule has 9 heteroatoms. The SMILES string of the molecule is CCOC(=O)c1cccn1S(=O)(=O)c1cccc(NC(N)=O)c1. The van der Waals surface area contributed by atoms with E-state index in [0.29, 0.717) is 0 Å². The quantitative estimate of drug-likeness (QED) is 0.799. The van der Waals surface area contributed by atoms with Gasteiger partial charge in [0.05, 0.1) is 11.5 Å². The smallest absolute Gasteiger partial charge is 0.355 e. The van der Waals surface area contributed by atoms with E-state index in [1.165, 1.54) is 42.6 Å². The van der Waals surface area contributed by atoms with Crippen molar-refractivity contribution >= 4 is 27.7 Å². The molecule has 1 heterocycles. The van der Waals surface area contributed by atoms with Crippen molar-refractivity contribution in [1.82, 2.24) is 3.97 Å². The number of amides is 2. The molecule has 0 unspecified atom stereocenters. The fraction of sp³-hybridized carbons (Fsp3) is 0.143. The van der Waals surface area contributed by atoms with Crippen molar-refractivity contribution in [3.05, 3.63) is 48.3 Å². The van der Waals surface area contributed by atoms with Gasteiger partial charge < -0.3 is 15.8 Å². The second kappa shape index (κ2) is 6.53. The Bertz CT molecular complexity index is 842.